The number of hydrogen-bond donors (Lipinski definition) is 1. The van der Waals surface area contributed by atoms with Crippen molar-refractivity contribution in [1.29, 1.82) is 5.26 Å². The Bertz CT molecular complexity index is 1630. The lowest BCUT2D eigenvalue weighted by Gasteiger charge is -2.25. The van der Waals surface area contributed by atoms with Gasteiger partial charge in [-0.25, -0.2) is 9.48 Å². The molecule has 1 heterocycles. The van der Waals surface area contributed by atoms with Crippen LogP contribution in [-0.2, 0) is 27.9 Å². The Hall–Kier alpha value is -4.85. The number of aryl methyl sites for hydroxylation is 2. The van der Waals surface area contributed by atoms with Crippen LogP contribution >= 0.6 is 0 Å². The number of benzene rings is 2. The smallest absolute Gasteiger partial charge is 0.413 e. The summed E-state index contributed by atoms with van der Waals surface area (Å²) in [6.45, 7) is 8.11. The number of azo groups is 1. The topological polar surface area (TPSA) is 148 Å². The minimum atomic E-state index is -1.51. The first kappa shape index (κ1) is 32.1. The molecule has 230 valence electrons. The van der Waals surface area contributed by atoms with Crippen molar-refractivity contribution in [2.45, 2.75) is 77.8 Å². The molecule has 4 rings (SSSR count). The fraction of sp³-hybridized carbons (Fsp3) is 0.424. The third-order valence-electron chi connectivity index (χ3n) is 8.07. The number of methoxy groups -OCH3 is 1. The van der Waals surface area contributed by atoms with E-state index < -0.39 is 18.0 Å². The van der Waals surface area contributed by atoms with Crippen LogP contribution in [0.2, 0.25) is 0 Å². The van der Waals surface area contributed by atoms with Crippen LogP contribution < -0.4 is 15.6 Å². The molecular formula is C33H38N6O5. The van der Waals surface area contributed by atoms with Crippen molar-refractivity contribution in [1.82, 2.24) is 15.1 Å². The number of nitrogens with one attached hydrogen (secondary N) is 1. The van der Waals surface area contributed by atoms with Gasteiger partial charge in [-0.15, -0.1) is 0 Å². The summed E-state index contributed by atoms with van der Waals surface area (Å²) in [5.74, 6) is -0.165. The minimum absolute atomic E-state index is 0.0581. The zero-order chi connectivity index (χ0) is 31.9. The van der Waals surface area contributed by atoms with E-state index in [-0.39, 0.29) is 17.6 Å². The van der Waals surface area contributed by atoms with Crippen LogP contribution in [0.25, 0.3) is 0 Å². The first-order chi connectivity index (χ1) is 21.1. The third-order valence-corrected chi connectivity index (χ3v) is 8.07. The van der Waals surface area contributed by atoms with Gasteiger partial charge in [-0.3, -0.25) is 14.9 Å². The van der Waals surface area contributed by atoms with Crippen LogP contribution in [0.5, 0.6) is 5.75 Å². The van der Waals surface area contributed by atoms with Gasteiger partial charge in [0, 0.05) is 12.0 Å². The maximum absolute atomic E-state index is 13.7. The summed E-state index contributed by atoms with van der Waals surface area (Å²) in [4.78, 5) is 37.5. The number of nitriles is 1. The second-order valence-corrected chi connectivity index (χ2v) is 11.3. The molecular weight excluding hydrogens is 560 g/mol. The van der Waals surface area contributed by atoms with Crippen LogP contribution in [0, 0.1) is 25.2 Å². The van der Waals surface area contributed by atoms with E-state index in [4.69, 9.17) is 9.84 Å². The number of imide groups is 1. The van der Waals surface area contributed by atoms with Gasteiger partial charge in [-0.2, -0.15) is 20.6 Å². The van der Waals surface area contributed by atoms with E-state index in [1.165, 1.54) is 0 Å². The number of nitrogens with zero attached hydrogens (tertiary/aromatic N) is 5. The zero-order valence-corrected chi connectivity index (χ0v) is 25.8. The molecule has 1 unspecified atom stereocenters. The Morgan fingerprint density at radius 3 is 2.39 bits per heavy atom. The summed E-state index contributed by atoms with van der Waals surface area (Å²) in [5.41, 5.74) is 5.64. The molecule has 0 saturated heterocycles. The maximum Gasteiger partial charge on any atom is 0.413 e. The van der Waals surface area contributed by atoms with Gasteiger partial charge in [-0.05, 0) is 91.6 Å². The van der Waals surface area contributed by atoms with Gasteiger partial charge in [0.1, 0.15) is 11.8 Å². The lowest BCUT2D eigenvalue weighted by molar-refractivity contribution is -0.120. The summed E-state index contributed by atoms with van der Waals surface area (Å²) in [5, 5.41) is 24.1. The predicted molar refractivity (Wildman–Crippen MR) is 164 cm³/mol. The van der Waals surface area contributed by atoms with Gasteiger partial charge >= 0.3 is 6.09 Å². The highest BCUT2D eigenvalue weighted by Crippen LogP contribution is 2.39. The number of carbonyl (C=O) groups is 2. The van der Waals surface area contributed by atoms with Gasteiger partial charge in [0.25, 0.3) is 11.5 Å². The Labute approximate surface area is 256 Å². The molecule has 0 radical (unpaired) electrons. The summed E-state index contributed by atoms with van der Waals surface area (Å²) >= 11 is 0. The molecule has 44 heavy (non-hydrogen) atoms. The van der Waals surface area contributed by atoms with Crippen LogP contribution in [-0.4, -0.2) is 41.5 Å². The molecule has 2 aromatic carbocycles. The molecule has 1 fully saturated rings. The highest BCUT2D eigenvalue weighted by atomic mass is 16.5. The van der Waals surface area contributed by atoms with Gasteiger partial charge in [0.2, 0.25) is 6.04 Å². The normalized spacial score (nSPS) is 14.6. The number of aromatic nitrogens is 2. The molecule has 1 N–H and O–H groups in total. The van der Waals surface area contributed by atoms with Crippen molar-refractivity contribution in [3.05, 3.63) is 86.3 Å². The number of hydrogen-bond acceptors (Lipinski definition) is 9. The summed E-state index contributed by atoms with van der Waals surface area (Å²) in [6, 6.07) is 13.5. The number of rotatable bonds is 10. The second kappa shape index (κ2) is 14.1. The molecule has 3 aromatic rings. The van der Waals surface area contributed by atoms with E-state index in [0.29, 0.717) is 18.7 Å². The van der Waals surface area contributed by atoms with Gasteiger partial charge in [0.05, 0.1) is 31.6 Å². The monoisotopic (exact) mass is 598 g/mol. The largest absolute Gasteiger partial charge is 0.497 e. The fourth-order valence-corrected chi connectivity index (χ4v) is 5.64. The van der Waals surface area contributed by atoms with Crippen molar-refractivity contribution in [2.75, 3.05) is 13.7 Å². The van der Waals surface area contributed by atoms with Crippen molar-refractivity contribution in [2.24, 2.45) is 10.2 Å². The average Bonchev–Trinajstić information content (AvgIpc) is 3.44. The molecule has 0 bridgehead atoms. The molecule has 11 nitrogen and oxygen atoms in total. The van der Waals surface area contributed by atoms with E-state index in [2.05, 4.69) is 21.9 Å². The van der Waals surface area contributed by atoms with Gasteiger partial charge in [0.15, 0.2) is 0 Å². The van der Waals surface area contributed by atoms with E-state index in [1.807, 2.05) is 61.6 Å². The van der Waals surface area contributed by atoms with Crippen LogP contribution in [0.4, 0.5) is 10.5 Å². The van der Waals surface area contributed by atoms with Crippen molar-refractivity contribution >= 4 is 17.7 Å². The van der Waals surface area contributed by atoms with E-state index >= 15 is 0 Å². The summed E-state index contributed by atoms with van der Waals surface area (Å²) in [7, 11) is 1.62. The fourth-order valence-electron chi connectivity index (χ4n) is 5.64. The Morgan fingerprint density at radius 2 is 1.80 bits per heavy atom. The molecule has 1 aliphatic carbocycles. The van der Waals surface area contributed by atoms with Crippen LogP contribution in [0.1, 0.15) is 73.0 Å². The second-order valence-electron chi connectivity index (χ2n) is 11.3. The van der Waals surface area contributed by atoms with Crippen molar-refractivity contribution < 1.29 is 19.1 Å². The molecule has 1 aromatic heterocycles. The standard InChI is InChI=1S/C33H38N6O5/c1-6-44-32(42)35-30(40)29(19-34)37-36-24-15-21(2)27(22(3)16-24)17-25-18-28(33(4)13-7-8-14-33)31(41)39(38-25)20-23-9-11-26(43-5)12-10-23/h9-12,15-16,18,29H,6-8,13-14,17,20H2,1-5H3,(H,35,40,42). The Morgan fingerprint density at radius 1 is 1.14 bits per heavy atom. The van der Waals surface area contributed by atoms with Crippen LogP contribution in [0.3, 0.4) is 0 Å². The van der Waals surface area contributed by atoms with E-state index in [1.54, 1.807) is 24.8 Å². The molecule has 1 aliphatic rings. The first-order valence-corrected chi connectivity index (χ1v) is 14.7. The molecule has 1 saturated carbocycles. The van der Waals surface area contributed by atoms with E-state index in [9.17, 15) is 19.6 Å². The quantitative estimate of drug-likeness (QED) is 0.299. The minimum Gasteiger partial charge on any atom is -0.497 e. The number of carbonyl (C=O) groups excluding carboxylic acids is 2. The van der Waals surface area contributed by atoms with Crippen molar-refractivity contribution in [3.8, 4) is 11.8 Å². The predicted octanol–water partition coefficient (Wildman–Crippen LogP) is 5.59. The van der Waals surface area contributed by atoms with Gasteiger partial charge < -0.3 is 9.47 Å². The lowest BCUT2D eigenvalue weighted by Crippen LogP contribution is -2.37. The third kappa shape index (κ3) is 7.56. The number of alkyl carbamates (subject to hydrolysis) is 1. The SMILES string of the molecule is CCOC(=O)NC(=O)C(C#N)N=Nc1cc(C)c(Cc2cc(C3(C)CCCC3)c(=O)n(Cc3ccc(OC)cc3)n2)c(C)c1. The summed E-state index contributed by atoms with van der Waals surface area (Å²) in [6.07, 6.45) is 3.68. The zero-order valence-electron chi connectivity index (χ0n) is 25.8. The molecule has 0 aliphatic heterocycles. The maximum atomic E-state index is 13.7. The number of amides is 2. The Kier molecular flexibility index (Phi) is 10.3. The molecule has 2 amide bonds. The summed E-state index contributed by atoms with van der Waals surface area (Å²) < 4.78 is 11.5. The molecule has 0 spiro atoms. The lowest BCUT2D eigenvalue weighted by atomic mass is 9.81. The van der Waals surface area contributed by atoms with Gasteiger partial charge in [-0.1, -0.05) is 31.9 Å². The van der Waals surface area contributed by atoms with Crippen molar-refractivity contribution in [3.63, 3.8) is 0 Å². The Balaban J connectivity index is 1.62. The highest BCUT2D eigenvalue weighted by molar-refractivity contribution is 5.96. The number of ether oxygens (including phenoxy) is 2. The molecule has 11 heteroatoms. The average molecular weight is 599 g/mol. The molecule has 1 atom stereocenters. The highest BCUT2D eigenvalue weighted by Gasteiger charge is 2.34. The van der Waals surface area contributed by atoms with E-state index in [0.717, 1.165) is 64.9 Å². The van der Waals surface area contributed by atoms with Crippen LogP contribution in [0.15, 0.2) is 57.5 Å². The first-order valence-electron chi connectivity index (χ1n) is 14.7.